The van der Waals surface area contributed by atoms with Gasteiger partial charge in [-0.1, -0.05) is 19.0 Å². The molecule has 0 N–H and O–H groups in total. The van der Waals surface area contributed by atoms with Gasteiger partial charge >= 0.3 is 0 Å². The number of fused-ring (bicyclic) bond motifs is 1. The normalized spacial score (nSPS) is 41.2. The van der Waals surface area contributed by atoms with Gasteiger partial charge in [0.2, 0.25) is 6.10 Å². The molecule has 0 aromatic heterocycles. The fourth-order valence-corrected chi connectivity index (χ4v) is 5.11. The lowest BCUT2D eigenvalue weighted by molar-refractivity contribution is -0.145. The summed E-state index contributed by atoms with van der Waals surface area (Å²) < 4.78 is 0. The minimum atomic E-state index is -0.349. The van der Waals surface area contributed by atoms with Crippen LogP contribution in [0.3, 0.4) is 0 Å². The zero-order chi connectivity index (χ0) is 14.6. The van der Waals surface area contributed by atoms with Gasteiger partial charge in [-0.15, -0.1) is 0 Å². The van der Waals surface area contributed by atoms with Gasteiger partial charge in [0.25, 0.3) is 5.91 Å². The number of hydrogen-bond acceptors (Lipinski definition) is 3. The second kappa shape index (κ2) is 4.99. The van der Waals surface area contributed by atoms with Crippen LogP contribution in [-0.2, 0) is 9.63 Å². The average Bonchev–Trinajstić information content (AvgIpc) is 2.85. The molecule has 2 saturated carbocycles. The molecule has 3 aliphatic heterocycles. The zero-order valence-corrected chi connectivity index (χ0v) is 13.1. The highest BCUT2D eigenvalue weighted by molar-refractivity contribution is 5.93. The Kier molecular flexibility index (Phi) is 3.23. The van der Waals surface area contributed by atoms with E-state index in [1.165, 1.54) is 32.1 Å². The maximum atomic E-state index is 12.9. The van der Waals surface area contributed by atoms with Crippen molar-refractivity contribution >= 4 is 11.6 Å². The largest absolute Gasteiger partial charge is 0.382 e. The number of oxime groups is 1. The maximum Gasteiger partial charge on any atom is 0.267 e. The van der Waals surface area contributed by atoms with Crippen molar-refractivity contribution in [2.45, 2.75) is 64.5 Å². The summed E-state index contributed by atoms with van der Waals surface area (Å²) in [4.78, 5) is 20.6. The van der Waals surface area contributed by atoms with E-state index in [0.717, 1.165) is 30.0 Å². The van der Waals surface area contributed by atoms with E-state index in [0.29, 0.717) is 18.4 Å². The quantitative estimate of drug-likeness (QED) is 0.785. The van der Waals surface area contributed by atoms with Crippen LogP contribution < -0.4 is 0 Å². The Labute approximate surface area is 126 Å². The summed E-state index contributed by atoms with van der Waals surface area (Å²) in [5, 5.41) is 4.13. The number of nitrogens with zero attached hydrogens (tertiary/aromatic N) is 2. The average molecular weight is 290 g/mol. The van der Waals surface area contributed by atoms with E-state index in [1.807, 2.05) is 0 Å². The molecule has 1 amide bonds. The van der Waals surface area contributed by atoms with E-state index in [-0.39, 0.29) is 12.0 Å². The number of hydrogen-bond donors (Lipinski definition) is 0. The van der Waals surface area contributed by atoms with Gasteiger partial charge in [0.05, 0.1) is 5.71 Å². The minimum absolute atomic E-state index is 0.201. The molecule has 2 saturated heterocycles. The molecule has 4 fully saturated rings. The van der Waals surface area contributed by atoms with Crippen LogP contribution in [0.1, 0.15) is 52.4 Å². The van der Waals surface area contributed by atoms with Gasteiger partial charge in [-0.25, -0.2) is 0 Å². The SMILES string of the molecule is CC(C)C1=NOC(C(=O)N2CC3CC4CC(C3)CC2C4)C1. The van der Waals surface area contributed by atoms with Gasteiger partial charge in [-0.2, -0.15) is 0 Å². The van der Waals surface area contributed by atoms with Gasteiger partial charge in [-0.05, 0) is 55.8 Å². The van der Waals surface area contributed by atoms with Crippen molar-refractivity contribution in [1.29, 1.82) is 0 Å². The van der Waals surface area contributed by atoms with Crippen molar-refractivity contribution < 1.29 is 9.63 Å². The molecule has 0 aromatic carbocycles. The molecule has 2 aliphatic carbocycles. The van der Waals surface area contributed by atoms with Gasteiger partial charge in [0.1, 0.15) is 0 Å². The van der Waals surface area contributed by atoms with Crippen LogP contribution in [0, 0.1) is 23.7 Å². The molecule has 4 heteroatoms. The minimum Gasteiger partial charge on any atom is -0.382 e. The van der Waals surface area contributed by atoms with E-state index < -0.39 is 0 Å². The number of amides is 1. The third kappa shape index (κ3) is 2.36. The van der Waals surface area contributed by atoms with E-state index >= 15 is 0 Å². The highest BCUT2D eigenvalue weighted by Crippen LogP contribution is 2.47. The van der Waals surface area contributed by atoms with Crippen molar-refractivity contribution in [2.75, 3.05) is 6.54 Å². The van der Waals surface area contributed by atoms with Crippen molar-refractivity contribution in [3.05, 3.63) is 0 Å². The van der Waals surface area contributed by atoms with Crippen molar-refractivity contribution in [2.24, 2.45) is 28.8 Å². The first-order valence-electron chi connectivity index (χ1n) is 8.63. The van der Waals surface area contributed by atoms with Crippen molar-refractivity contribution in [3.8, 4) is 0 Å². The number of carbonyl (C=O) groups is 1. The Morgan fingerprint density at radius 2 is 1.81 bits per heavy atom. The third-order valence-electron chi connectivity index (χ3n) is 6.02. The Hall–Kier alpha value is -1.06. The first-order chi connectivity index (χ1) is 10.1. The van der Waals surface area contributed by atoms with Crippen LogP contribution in [-0.4, -0.2) is 35.2 Å². The Bertz CT molecular complexity index is 459. The van der Waals surface area contributed by atoms with Crippen LogP contribution in [0.15, 0.2) is 5.16 Å². The van der Waals surface area contributed by atoms with Crippen LogP contribution in [0.4, 0.5) is 0 Å². The molecule has 3 heterocycles. The topological polar surface area (TPSA) is 41.9 Å². The summed E-state index contributed by atoms with van der Waals surface area (Å²) in [6.45, 7) is 5.19. The molecular weight excluding hydrogens is 264 g/mol. The first-order valence-corrected chi connectivity index (χ1v) is 8.63. The van der Waals surface area contributed by atoms with E-state index in [1.54, 1.807) is 0 Å². The van der Waals surface area contributed by atoms with E-state index in [4.69, 9.17) is 4.84 Å². The number of carbonyl (C=O) groups excluding carboxylic acids is 1. The summed E-state index contributed by atoms with van der Waals surface area (Å²) in [5.74, 6) is 3.05. The van der Waals surface area contributed by atoms with Gasteiger partial charge in [0, 0.05) is 19.0 Å². The highest BCUT2D eigenvalue weighted by Gasteiger charge is 2.46. The highest BCUT2D eigenvalue weighted by atomic mass is 16.6. The standard InChI is InChI=1S/C17H26N2O2/c1-10(2)15-8-16(21-18-15)17(20)19-9-13-4-11-3-12(5-13)7-14(19)6-11/h10-14,16H,3-9H2,1-2H3. The Balaban J connectivity index is 1.48. The van der Waals surface area contributed by atoms with E-state index in [9.17, 15) is 4.79 Å². The molecule has 116 valence electrons. The summed E-state index contributed by atoms with van der Waals surface area (Å²) in [7, 11) is 0. The maximum absolute atomic E-state index is 12.9. The van der Waals surface area contributed by atoms with Crippen LogP contribution >= 0.6 is 0 Å². The monoisotopic (exact) mass is 290 g/mol. The van der Waals surface area contributed by atoms with Gasteiger partial charge < -0.3 is 9.74 Å². The molecule has 3 unspecified atom stereocenters. The van der Waals surface area contributed by atoms with Crippen LogP contribution in [0.25, 0.3) is 0 Å². The fourth-order valence-electron chi connectivity index (χ4n) is 5.11. The molecule has 0 radical (unpaired) electrons. The van der Waals surface area contributed by atoms with Crippen LogP contribution in [0.5, 0.6) is 0 Å². The number of rotatable bonds is 2. The Morgan fingerprint density at radius 1 is 1.14 bits per heavy atom. The summed E-state index contributed by atoms with van der Waals surface area (Å²) in [6.07, 6.45) is 6.89. The fraction of sp³-hybridized carbons (Fsp3) is 0.882. The molecule has 5 aliphatic rings. The first kappa shape index (κ1) is 13.6. The predicted molar refractivity (Wildman–Crippen MR) is 80.8 cm³/mol. The van der Waals surface area contributed by atoms with Crippen molar-refractivity contribution in [1.82, 2.24) is 4.90 Å². The molecular formula is C17H26N2O2. The Morgan fingerprint density at radius 3 is 2.43 bits per heavy atom. The molecule has 4 nitrogen and oxygen atoms in total. The zero-order valence-electron chi connectivity index (χ0n) is 13.1. The summed E-state index contributed by atoms with van der Waals surface area (Å²) in [6, 6.07) is 0.473. The lowest BCUT2D eigenvalue weighted by atomic mass is 9.68. The van der Waals surface area contributed by atoms with E-state index in [2.05, 4.69) is 23.9 Å². The van der Waals surface area contributed by atoms with Crippen LogP contribution in [0.2, 0.25) is 0 Å². The third-order valence-corrected chi connectivity index (χ3v) is 6.02. The lowest BCUT2D eigenvalue weighted by Crippen LogP contribution is -2.47. The molecule has 21 heavy (non-hydrogen) atoms. The van der Waals surface area contributed by atoms with Gasteiger partial charge in [-0.3, -0.25) is 4.79 Å². The van der Waals surface area contributed by atoms with Gasteiger partial charge in [0.15, 0.2) is 0 Å². The second-order valence-electron chi connectivity index (χ2n) is 7.96. The smallest absolute Gasteiger partial charge is 0.267 e. The molecule has 0 spiro atoms. The second-order valence-corrected chi connectivity index (χ2v) is 7.96. The molecule has 4 bridgehead atoms. The summed E-state index contributed by atoms with van der Waals surface area (Å²) >= 11 is 0. The molecule has 3 atom stereocenters. The molecule has 0 aromatic rings. The van der Waals surface area contributed by atoms with Crippen molar-refractivity contribution in [3.63, 3.8) is 0 Å². The predicted octanol–water partition coefficient (Wildman–Crippen LogP) is 2.82. The molecule has 5 rings (SSSR count). The summed E-state index contributed by atoms with van der Waals surface area (Å²) in [5.41, 5.74) is 1.04. The lowest BCUT2D eigenvalue weighted by Gasteiger charge is -2.39.